The van der Waals surface area contributed by atoms with Crippen LogP contribution in [-0.4, -0.2) is 39.3 Å². The number of rotatable bonds is 5. The highest BCUT2D eigenvalue weighted by atomic mass is 16.2. The monoisotopic (exact) mass is 210 g/mol. The van der Waals surface area contributed by atoms with Gasteiger partial charge in [-0.2, -0.15) is 15.4 Å². The molecular weight excluding hydrogens is 192 g/mol. The summed E-state index contributed by atoms with van der Waals surface area (Å²) in [5.74, 6) is -0.0232. The lowest BCUT2D eigenvalue weighted by Crippen LogP contribution is -2.33. The van der Waals surface area contributed by atoms with Crippen molar-refractivity contribution >= 4 is 5.91 Å². The number of carbonyl (C=O) groups is 1. The summed E-state index contributed by atoms with van der Waals surface area (Å²) in [7, 11) is 0. The third-order valence-electron chi connectivity index (χ3n) is 2.20. The van der Waals surface area contributed by atoms with Crippen LogP contribution in [-0.2, 0) is 0 Å². The fourth-order valence-electron chi connectivity index (χ4n) is 1.49. The molecule has 1 aromatic heterocycles. The summed E-state index contributed by atoms with van der Waals surface area (Å²) in [5.41, 5.74) is 1.11. The van der Waals surface area contributed by atoms with Crippen molar-refractivity contribution in [3.8, 4) is 0 Å². The van der Waals surface area contributed by atoms with Crippen LogP contribution >= 0.6 is 0 Å². The van der Waals surface area contributed by atoms with Gasteiger partial charge in [0.2, 0.25) is 0 Å². The van der Waals surface area contributed by atoms with E-state index in [0.717, 1.165) is 25.9 Å². The molecule has 5 nitrogen and oxygen atoms in total. The van der Waals surface area contributed by atoms with Gasteiger partial charge in [-0.3, -0.25) is 4.79 Å². The van der Waals surface area contributed by atoms with E-state index in [-0.39, 0.29) is 5.91 Å². The number of hydrogen-bond acceptors (Lipinski definition) is 3. The van der Waals surface area contributed by atoms with E-state index in [1.54, 1.807) is 6.92 Å². The molecule has 0 radical (unpaired) electrons. The van der Waals surface area contributed by atoms with Crippen LogP contribution in [0.15, 0.2) is 0 Å². The fourth-order valence-corrected chi connectivity index (χ4v) is 1.49. The van der Waals surface area contributed by atoms with Gasteiger partial charge in [0.05, 0.1) is 5.69 Å². The molecular formula is C10H18N4O. The Morgan fingerprint density at radius 1 is 1.27 bits per heavy atom. The second-order valence-electron chi connectivity index (χ2n) is 3.55. The van der Waals surface area contributed by atoms with E-state index in [1.165, 1.54) is 0 Å². The van der Waals surface area contributed by atoms with Crippen LogP contribution in [0.5, 0.6) is 0 Å². The van der Waals surface area contributed by atoms with Gasteiger partial charge in [0, 0.05) is 13.1 Å². The van der Waals surface area contributed by atoms with Gasteiger partial charge < -0.3 is 4.90 Å². The highest BCUT2D eigenvalue weighted by molar-refractivity contribution is 5.93. The van der Waals surface area contributed by atoms with Crippen molar-refractivity contribution in [2.45, 2.75) is 33.6 Å². The molecule has 1 amide bonds. The maximum atomic E-state index is 12.0. The van der Waals surface area contributed by atoms with Crippen LogP contribution in [0, 0.1) is 6.92 Å². The number of H-pyrrole nitrogens is 1. The van der Waals surface area contributed by atoms with Crippen molar-refractivity contribution in [3.63, 3.8) is 0 Å². The zero-order valence-electron chi connectivity index (χ0n) is 9.58. The summed E-state index contributed by atoms with van der Waals surface area (Å²) < 4.78 is 0. The Balaban J connectivity index is 2.76. The Morgan fingerprint density at radius 2 is 1.87 bits per heavy atom. The third kappa shape index (κ3) is 2.78. The molecule has 0 unspecified atom stereocenters. The predicted molar refractivity (Wildman–Crippen MR) is 57.6 cm³/mol. The van der Waals surface area contributed by atoms with Gasteiger partial charge in [-0.1, -0.05) is 13.8 Å². The summed E-state index contributed by atoms with van der Waals surface area (Å²) >= 11 is 0. The molecule has 0 atom stereocenters. The molecule has 1 rings (SSSR count). The first kappa shape index (κ1) is 11.7. The minimum Gasteiger partial charge on any atom is -0.337 e. The van der Waals surface area contributed by atoms with Crippen LogP contribution in [0.3, 0.4) is 0 Å². The maximum absolute atomic E-state index is 12.0. The molecule has 84 valence electrons. The van der Waals surface area contributed by atoms with E-state index < -0.39 is 0 Å². The second kappa shape index (κ2) is 5.48. The van der Waals surface area contributed by atoms with Crippen LogP contribution in [0.2, 0.25) is 0 Å². The number of amides is 1. The average Bonchev–Trinajstić information content (AvgIpc) is 2.63. The molecule has 0 bridgehead atoms. The van der Waals surface area contributed by atoms with E-state index in [2.05, 4.69) is 29.3 Å². The molecule has 1 heterocycles. The molecule has 1 N–H and O–H groups in total. The molecule has 0 saturated heterocycles. The zero-order valence-corrected chi connectivity index (χ0v) is 9.58. The van der Waals surface area contributed by atoms with Crippen LogP contribution in [0.4, 0.5) is 0 Å². The molecule has 0 saturated carbocycles. The molecule has 0 fully saturated rings. The van der Waals surface area contributed by atoms with Gasteiger partial charge >= 0.3 is 0 Å². The quantitative estimate of drug-likeness (QED) is 0.798. The van der Waals surface area contributed by atoms with Gasteiger partial charge in [-0.25, -0.2) is 0 Å². The third-order valence-corrected chi connectivity index (χ3v) is 2.20. The first-order chi connectivity index (χ1) is 7.20. The number of nitrogens with zero attached hydrogens (tertiary/aromatic N) is 3. The normalized spacial score (nSPS) is 10.3. The molecule has 0 aliphatic carbocycles. The molecule has 0 aliphatic heterocycles. The minimum atomic E-state index is -0.0232. The zero-order chi connectivity index (χ0) is 11.3. The Bertz CT molecular complexity index is 315. The molecule has 0 aliphatic rings. The Morgan fingerprint density at radius 3 is 2.27 bits per heavy atom. The fraction of sp³-hybridized carbons (Fsp3) is 0.700. The summed E-state index contributed by atoms with van der Waals surface area (Å²) in [6.07, 6.45) is 1.92. The smallest absolute Gasteiger partial charge is 0.276 e. The first-order valence-electron chi connectivity index (χ1n) is 5.37. The number of aryl methyl sites for hydroxylation is 1. The summed E-state index contributed by atoms with van der Waals surface area (Å²) in [6, 6.07) is 0. The van der Waals surface area contributed by atoms with Crippen molar-refractivity contribution in [3.05, 3.63) is 11.4 Å². The first-order valence-corrected chi connectivity index (χ1v) is 5.37. The molecule has 5 heteroatoms. The van der Waals surface area contributed by atoms with Crippen molar-refractivity contribution in [1.82, 2.24) is 20.3 Å². The van der Waals surface area contributed by atoms with E-state index in [4.69, 9.17) is 0 Å². The van der Waals surface area contributed by atoms with E-state index in [9.17, 15) is 4.79 Å². The highest BCUT2D eigenvalue weighted by Gasteiger charge is 2.19. The Labute approximate surface area is 89.9 Å². The van der Waals surface area contributed by atoms with Crippen LogP contribution < -0.4 is 0 Å². The number of carbonyl (C=O) groups excluding carboxylic acids is 1. The highest BCUT2D eigenvalue weighted by Crippen LogP contribution is 2.06. The summed E-state index contributed by atoms with van der Waals surface area (Å²) in [6.45, 7) is 7.46. The van der Waals surface area contributed by atoms with Crippen LogP contribution in [0.25, 0.3) is 0 Å². The summed E-state index contributed by atoms with van der Waals surface area (Å²) in [5, 5.41) is 10.2. The van der Waals surface area contributed by atoms with Gasteiger partial charge in [-0.15, -0.1) is 0 Å². The number of aromatic nitrogens is 3. The Hall–Kier alpha value is -1.39. The number of hydrogen-bond donors (Lipinski definition) is 1. The van der Waals surface area contributed by atoms with Crippen molar-refractivity contribution in [1.29, 1.82) is 0 Å². The minimum absolute atomic E-state index is 0.0232. The SMILES string of the molecule is CCCN(CCC)C(=O)c1n[nH]nc1C. The van der Waals surface area contributed by atoms with Gasteiger partial charge in [-0.05, 0) is 19.8 Å². The second-order valence-corrected chi connectivity index (χ2v) is 3.55. The van der Waals surface area contributed by atoms with Crippen molar-refractivity contribution in [2.75, 3.05) is 13.1 Å². The average molecular weight is 210 g/mol. The lowest BCUT2D eigenvalue weighted by atomic mass is 10.2. The Kier molecular flexibility index (Phi) is 4.27. The van der Waals surface area contributed by atoms with E-state index in [1.807, 2.05) is 4.90 Å². The van der Waals surface area contributed by atoms with E-state index in [0.29, 0.717) is 11.4 Å². The summed E-state index contributed by atoms with van der Waals surface area (Å²) in [4.78, 5) is 13.8. The molecule has 0 aromatic carbocycles. The van der Waals surface area contributed by atoms with Crippen molar-refractivity contribution in [2.24, 2.45) is 0 Å². The molecule has 15 heavy (non-hydrogen) atoms. The maximum Gasteiger partial charge on any atom is 0.276 e. The van der Waals surface area contributed by atoms with E-state index >= 15 is 0 Å². The van der Waals surface area contributed by atoms with Gasteiger partial charge in [0.1, 0.15) is 0 Å². The number of aromatic amines is 1. The van der Waals surface area contributed by atoms with Gasteiger partial charge in [0.15, 0.2) is 5.69 Å². The standard InChI is InChI=1S/C10H18N4O/c1-4-6-14(7-5-2)10(15)9-8(3)11-13-12-9/h4-7H2,1-3H3,(H,11,12,13). The topological polar surface area (TPSA) is 61.9 Å². The van der Waals surface area contributed by atoms with Crippen molar-refractivity contribution < 1.29 is 4.79 Å². The van der Waals surface area contributed by atoms with Gasteiger partial charge in [0.25, 0.3) is 5.91 Å². The lowest BCUT2D eigenvalue weighted by Gasteiger charge is -2.20. The molecule has 1 aromatic rings. The predicted octanol–water partition coefficient (Wildman–Crippen LogP) is 1.38. The van der Waals surface area contributed by atoms with Crippen LogP contribution in [0.1, 0.15) is 42.9 Å². The lowest BCUT2D eigenvalue weighted by molar-refractivity contribution is 0.0749. The molecule has 0 spiro atoms. The number of nitrogens with one attached hydrogen (secondary N) is 1. The largest absolute Gasteiger partial charge is 0.337 e.